The number of nitrogens with two attached hydrogens (primary N) is 1. The van der Waals surface area contributed by atoms with Gasteiger partial charge in [-0.25, -0.2) is 4.98 Å². The van der Waals surface area contributed by atoms with Crippen LogP contribution in [0.3, 0.4) is 0 Å². The Morgan fingerprint density at radius 3 is 2.47 bits per heavy atom. The number of morpholine rings is 1. The zero-order valence-electron chi connectivity index (χ0n) is 11.3. The van der Waals surface area contributed by atoms with Crippen LogP contribution in [0.5, 0.6) is 0 Å². The molecule has 0 amide bonds. The molecule has 104 valence electrons. The maximum absolute atomic E-state index is 5.63. The molecule has 0 radical (unpaired) electrons. The number of hydrogen-bond acceptors (Lipinski definition) is 5. The number of nitrogens with zero attached hydrogens (tertiary/aromatic N) is 3. The predicted molar refractivity (Wildman–Crippen MR) is 76.3 cm³/mol. The Labute approximate surface area is 114 Å². The van der Waals surface area contributed by atoms with Crippen molar-refractivity contribution in [2.24, 2.45) is 0 Å². The third kappa shape index (κ3) is 2.98. The largest absolute Gasteiger partial charge is 0.384 e. The number of aromatic nitrogens is 1. The summed E-state index contributed by atoms with van der Waals surface area (Å²) in [5.41, 5.74) is 6.82. The van der Waals surface area contributed by atoms with Crippen LogP contribution < -0.4 is 10.6 Å². The van der Waals surface area contributed by atoms with E-state index in [1.54, 1.807) is 0 Å². The van der Waals surface area contributed by atoms with E-state index in [0.29, 0.717) is 5.82 Å². The highest BCUT2D eigenvalue weighted by atomic mass is 16.5. The van der Waals surface area contributed by atoms with Gasteiger partial charge in [0.15, 0.2) is 0 Å². The second-order valence-corrected chi connectivity index (χ2v) is 5.31. The van der Waals surface area contributed by atoms with Crippen molar-refractivity contribution in [1.29, 1.82) is 0 Å². The van der Waals surface area contributed by atoms with E-state index in [9.17, 15) is 0 Å². The average Bonchev–Trinajstić information content (AvgIpc) is 2.49. The van der Waals surface area contributed by atoms with E-state index in [0.717, 1.165) is 45.4 Å². The Hall–Kier alpha value is -1.33. The highest BCUT2D eigenvalue weighted by Gasteiger charge is 2.25. The molecule has 3 rings (SSSR count). The summed E-state index contributed by atoms with van der Waals surface area (Å²) in [6, 6.07) is 4.67. The number of anilines is 2. The fourth-order valence-electron chi connectivity index (χ4n) is 3.02. The first-order valence-corrected chi connectivity index (χ1v) is 7.11. The van der Waals surface area contributed by atoms with Crippen LogP contribution in [0.1, 0.15) is 12.8 Å². The standard InChI is InChI=1S/C14H22N4O/c15-14-2-1-13(11-16-14)17-5-3-12(4-6-17)18-7-9-19-10-8-18/h1-2,11-12H,3-10H2,(H2,15,16). The molecule has 1 aromatic rings. The van der Waals surface area contributed by atoms with Gasteiger partial charge in [0, 0.05) is 32.2 Å². The molecular formula is C14H22N4O. The molecule has 1 aromatic heterocycles. The smallest absolute Gasteiger partial charge is 0.123 e. The van der Waals surface area contributed by atoms with E-state index < -0.39 is 0 Å². The summed E-state index contributed by atoms with van der Waals surface area (Å²) in [5, 5.41) is 0. The summed E-state index contributed by atoms with van der Waals surface area (Å²) in [7, 11) is 0. The number of pyridine rings is 1. The molecule has 0 spiro atoms. The van der Waals surface area contributed by atoms with Crippen LogP contribution in [-0.2, 0) is 4.74 Å². The third-order valence-electron chi connectivity index (χ3n) is 4.16. The normalized spacial score (nSPS) is 22.6. The summed E-state index contributed by atoms with van der Waals surface area (Å²) < 4.78 is 5.42. The molecular weight excluding hydrogens is 240 g/mol. The fourth-order valence-corrected chi connectivity index (χ4v) is 3.02. The lowest BCUT2D eigenvalue weighted by Crippen LogP contribution is -2.49. The molecule has 3 heterocycles. The summed E-state index contributed by atoms with van der Waals surface area (Å²) in [5.74, 6) is 0.590. The Morgan fingerprint density at radius 2 is 1.84 bits per heavy atom. The second-order valence-electron chi connectivity index (χ2n) is 5.31. The van der Waals surface area contributed by atoms with Crippen LogP contribution >= 0.6 is 0 Å². The number of nitrogen functional groups attached to an aromatic ring is 1. The molecule has 0 unspecified atom stereocenters. The molecule has 0 aliphatic carbocycles. The zero-order chi connectivity index (χ0) is 13.1. The van der Waals surface area contributed by atoms with E-state index in [1.807, 2.05) is 12.3 Å². The van der Waals surface area contributed by atoms with Crippen LogP contribution in [0.25, 0.3) is 0 Å². The quantitative estimate of drug-likeness (QED) is 0.860. The third-order valence-corrected chi connectivity index (χ3v) is 4.16. The van der Waals surface area contributed by atoms with Crippen LogP contribution in [0, 0.1) is 0 Å². The maximum atomic E-state index is 5.63. The minimum absolute atomic E-state index is 0.590. The van der Waals surface area contributed by atoms with E-state index >= 15 is 0 Å². The lowest BCUT2D eigenvalue weighted by molar-refractivity contribution is 0.0115. The first kappa shape index (κ1) is 12.7. The summed E-state index contributed by atoms with van der Waals surface area (Å²) in [6.45, 7) is 6.17. The van der Waals surface area contributed by atoms with Crippen molar-refractivity contribution in [3.05, 3.63) is 18.3 Å². The first-order chi connectivity index (χ1) is 9.33. The molecule has 19 heavy (non-hydrogen) atoms. The van der Waals surface area contributed by atoms with E-state index in [2.05, 4.69) is 20.9 Å². The first-order valence-electron chi connectivity index (χ1n) is 7.11. The molecule has 5 heteroatoms. The SMILES string of the molecule is Nc1ccc(N2CCC(N3CCOCC3)CC2)cn1. The van der Waals surface area contributed by atoms with Crippen molar-refractivity contribution in [2.45, 2.75) is 18.9 Å². The molecule has 2 N–H and O–H groups in total. The van der Waals surface area contributed by atoms with Crippen LogP contribution in [0.2, 0.25) is 0 Å². The minimum Gasteiger partial charge on any atom is -0.384 e. The van der Waals surface area contributed by atoms with Gasteiger partial charge in [-0.15, -0.1) is 0 Å². The summed E-state index contributed by atoms with van der Waals surface area (Å²) >= 11 is 0. The van der Waals surface area contributed by atoms with Crippen molar-refractivity contribution < 1.29 is 4.74 Å². The monoisotopic (exact) mass is 262 g/mol. The topological polar surface area (TPSA) is 54.6 Å². The number of hydrogen-bond donors (Lipinski definition) is 1. The minimum atomic E-state index is 0.590. The molecule has 5 nitrogen and oxygen atoms in total. The second kappa shape index (κ2) is 5.75. The number of rotatable bonds is 2. The molecule has 0 aromatic carbocycles. The lowest BCUT2D eigenvalue weighted by Gasteiger charge is -2.40. The Bertz CT molecular complexity index is 394. The highest BCUT2D eigenvalue weighted by molar-refractivity contribution is 5.48. The van der Waals surface area contributed by atoms with Crippen molar-refractivity contribution in [3.63, 3.8) is 0 Å². The van der Waals surface area contributed by atoms with Gasteiger partial charge in [0.2, 0.25) is 0 Å². The predicted octanol–water partition coefficient (Wildman–Crippen LogP) is 0.965. The van der Waals surface area contributed by atoms with Gasteiger partial charge in [0.1, 0.15) is 5.82 Å². The number of ether oxygens (including phenoxy) is 1. The van der Waals surface area contributed by atoms with Crippen LogP contribution in [0.4, 0.5) is 11.5 Å². The molecule has 2 aliphatic rings. The molecule has 0 atom stereocenters. The Morgan fingerprint density at radius 1 is 1.11 bits per heavy atom. The van der Waals surface area contributed by atoms with Gasteiger partial charge < -0.3 is 15.4 Å². The van der Waals surface area contributed by atoms with Gasteiger partial charge in [-0.2, -0.15) is 0 Å². The zero-order valence-corrected chi connectivity index (χ0v) is 11.3. The van der Waals surface area contributed by atoms with Crippen molar-refractivity contribution in [3.8, 4) is 0 Å². The van der Waals surface area contributed by atoms with Gasteiger partial charge in [-0.05, 0) is 25.0 Å². The van der Waals surface area contributed by atoms with Gasteiger partial charge in [-0.1, -0.05) is 0 Å². The molecule has 2 saturated heterocycles. The van der Waals surface area contributed by atoms with Crippen LogP contribution in [-0.4, -0.2) is 55.3 Å². The van der Waals surface area contributed by atoms with Gasteiger partial charge in [-0.3, -0.25) is 4.90 Å². The van der Waals surface area contributed by atoms with Crippen molar-refractivity contribution in [1.82, 2.24) is 9.88 Å². The van der Waals surface area contributed by atoms with Gasteiger partial charge in [0.05, 0.1) is 25.1 Å². The lowest BCUT2D eigenvalue weighted by atomic mass is 10.0. The van der Waals surface area contributed by atoms with Crippen LogP contribution in [0.15, 0.2) is 18.3 Å². The number of piperidine rings is 1. The van der Waals surface area contributed by atoms with E-state index in [4.69, 9.17) is 10.5 Å². The van der Waals surface area contributed by atoms with Gasteiger partial charge in [0.25, 0.3) is 0 Å². The average molecular weight is 262 g/mol. The maximum Gasteiger partial charge on any atom is 0.123 e. The van der Waals surface area contributed by atoms with Gasteiger partial charge >= 0.3 is 0 Å². The molecule has 2 fully saturated rings. The summed E-state index contributed by atoms with van der Waals surface area (Å²) in [4.78, 5) is 9.16. The van der Waals surface area contributed by atoms with Crippen molar-refractivity contribution >= 4 is 11.5 Å². The Balaban J connectivity index is 1.55. The summed E-state index contributed by atoms with van der Waals surface area (Å²) in [6.07, 6.45) is 4.33. The molecule has 0 bridgehead atoms. The molecule has 2 aliphatic heterocycles. The highest BCUT2D eigenvalue weighted by Crippen LogP contribution is 2.22. The Kier molecular flexibility index (Phi) is 3.84. The van der Waals surface area contributed by atoms with E-state index in [-0.39, 0.29) is 0 Å². The molecule has 0 saturated carbocycles. The fraction of sp³-hybridized carbons (Fsp3) is 0.643. The van der Waals surface area contributed by atoms with E-state index in [1.165, 1.54) is 18.5 Å². The van der Waals surface area contributed by atoms with Crippen molar-refractivity contribution in [2.75, 3.05) is 50.0 Å².